The second-order valence-corrected chi connectivity index (χ2v) is 4.52. The second-order valence-electron chi connectivity index (χ2n) is 4.52. The minimum Gasteiger partial charge on any atom is -0.491 e. The summed E-state index contributed by atoms with van der Waals surface area (Å²) in [6, 6.07) is 4.93. The van der Waals surface area contributed by atoms with Gasteiger partial charge in [-0.05, 0) is 37.5 Å². The molecule has 0 aliphatic heterocycles. The average Bonchev–Trinajstić information content (AvgIpc) is 2.21. The molecule has 2 N–H and O–H groups in total. The third-order valence-corrected chi connectivity index (χ3v) is 3.05. The summed E-state index contributed by atoms with van der Waals surface area (Å²) >= 11 is 0. The average molecular weight is 225 g/mol. The summed E-state index contributed by atoms with van der Waals surface area (Å²) in [6.45, 7) is 8.24. The van der Waals surface area contributed by atoms with Crippen molar-refractivity contribution in [2.75, 3.05) is 6.61 Å². The molecule has 1 rings (SSSR count). The summed E-state index contributed by atoms with van der Waals surface area (Å²) in [5.74, 6) is 0.173. The van der Waals surface area contributed by atoms with Gasteiger partial charge in [-0.1, -0.05) is 19.9 Å². The van der Waals surface area contributed by atoms with Crippen molar-refractivity contribution in [2.45, 2.75) is 33.2 Å². The predicted molar refractivity (Wildman–Crippen MR) is 63.9 cm³/mol. The zero-order chi connectivity index (χ0) is 12.3. The molecule has 0 aromatic heterocycles. The Kier molecular flexibility index (Phi) is 3.92. The van der Waals surface area contributed by atoms with Crippen molar-refractivity contribution < 1.29 is 9.13 Å². The van der Waals surface area contributed by atoms with Crippen LogP contribution < -0.4 is 10.5 Å². The van der Waals surface area contributed by atoms with E-state index in [2.05, 4.69) is 0 Å². The van der Waals surface area contributed by atoms with Gasteiger partial charge in [0.1, 0.15) is 0 Å². The van der Waals surface area contributed by atoms with Gasteiger partial charge in [-0.15, -0.1) is 0 Å². The Balaban J connectivity index is 3.05. The zero-order valence-corrected chi connectivity index (χ0v) is 10.4. The van der Waals surface area contributed by atoms with Crippen molar-refractivity contribution in [1.29, 1.82) is 0 Å². The fourth-order valence-electron chi connectivity index (χ4n) is 1.44. The SMILES string of the molecule is CCOc1ccc(C(C)(N)C(C)C)cc1F. The van der Waals surface area contributed by atoms with Crippen molar-refractivity contribution >= 4 is 0 Å². The summed E-state index contributed by atoms with van der Waals surface area (Å²) in [5, 5.41) is 0. The number of hydrogen-bond donors (Lipinski definition) is 1. The van der Waals surface area contributed by atoms with Crippen LogP contribution in [0.5, 0.6) is 5.75 Å². The van der Waals surface area contributed by atoms with Gasteiger partial charge in [0.05, 0.1) is 6.61 Å². The van der Waals surface area contributed by atoms with Gasteiger partial charge in [0.15, 0.2) is 11.6 Å². The monoisotopic (exact) mass is 225 g/mol. The highest BCUT2D eigenvalue weighted by Crippen LogP contribution is 2.29. The summed E-state index contributed by atoms with van der Waals surface area (Å²) in [4.78, 5) is 0. The van der Waals surface area contributed by atoms with Crippen LogP contribution in [0, 0.1) is 11.7 Å². The van der Waals surface area contributed by atoms with Crippen molar-refractivity contribution in [2.24, 2.45) is 11.7 Å². The Morgan fingerprint density at radius 3 is 2.50 bits per heavy atom. The van der Waals surface area contributed by atoms with Crippen LogP contribution in [0.3, 0.4) is 0 Å². The first-order valence-electron chi connectivity index (χ1n) is 5.61. The fraction of sp³-hybridized carbons (Fsp3) is 0.538. The van der Waals surface area contributed by atoms with Gasteiger partial charge in [0, 0.05) is 5.54 Å². The van der Waals surface area contributed by atoms with Crippen LogP contribution in [0.1, 0.15) is 33.3 Å². The topological polar surface area (TPSA) is 35.2 Å². The first-order chi connectivity index (χ1) is 7.39. The van der Waals surface area contributed by atoms with E-state index in [0.717, 1.165) is 5.56 Å². The largest absolute Gasteiger partial charge is 0.491 e. The van der Waals surface area contributed by atoms with Crippen LogP contribution in [0.4, 0.5) is 4.39 Å². The lowest BCUT2D eigenvalue weighted by molar-refractivity contribution is 0.317. The molecular weight excluding hydrogens is 205 g/mol. The van der Waals surface area contributed by atoms with Crippen molar-refractivity contribution in [3.63, 3.8) is 0 Å². The lowest BCUT2D eigenvalue weighted by Gasteiger charge is -2.30. The van der Waals surface area contributed by atoms with E-state index < -0.39 is 5.54 Å². The van der Waals surface area contributed by atoms with E-state index in [0.29, 0.717) is 6.61 Å². The smallest absolute Gasteiger partial charge is 0.165 e. The van der Waals surface area contributed by atoms with E-state index in [9.17, 15) is 4.39 Å². The van der Waals surface area contributed by atoms with E-state index >= 15 is 0 Å². The van der Waals surface area contributed by atoms with Crippen LogP contribution in [0.2, 0.25) is 0 Å². The molecule has 0 amide bonds. The molecule has 3 heteroatoms. The van der Waals surface area contributed by atoms with E-state index in [4.69, 9.17) is 10.5 Å². The summed E-state index contributed by atoms with van der Waals surface area (Å²) in [5.41, 5.74) is 6.44. The highest BCUT2D eigenvalue weighted by molar-refractivity contribution is 5.33. The highest BCUT2D eigenvalue weighted by atomic mass is 19.1. The lowest BCUT2D eigenvalue weighted by atomic mass is 9.83. The van der Waals surface area contributed by atoms with Crippen LogP contribution in [-0.4, -0.2) is 6.61 Å². The second kappa shape index (κ2) is 4.83. The van der Waals surface area contributed by atoms with Crippen LogP contribution in [-0.2, 0) is 5.54 Å². The normalized spacial score (nSPS) is 14.9. The van der Waals surface area contributed by atoms with Crippen molar-refractivity contribution in [3.05, 3.63) is 29.6 Å². The number of halogens is 1. The van der Waals surface area contributed by atoms with Crippen LogP contribution in [0.25, 0.3) is 0 Å². The van der Waals surface area contributed by atoms with E-state index in [1.165, 1.54) is 6.07 Å². The summed E-state index contributed by atoms with van der Waals surface area (Å²) in [7, 11) is 0. The highest BCUT2D eigenvalue weighted by Gasteiger charge is 2.26. The molecule has 0 saturated heterocycles. The molecule has 0 aliphatic rings. The van der Waals surface area contributed by atoms with Crippen molar-refractivity contribution in [3.8, 4) is 5.75 Å². The van der Waals surface area contributed by atoms with Crippen LogP contribution >= 0.6 is 0 Å². The Labute approximate surface area is 96.6 Å². The van der Waals surface area contributed by atoms with E-state index in [1.54, 1.807) is 6.07 Å². The summed E-state index contributed by atoms with van der Waals surface area (Å²) in [6.07, 6.45) is 0. The Bertz CT molecular complexity index is 361. The fourth-order valence-corrected chi connectivity index (χ4v) is 1.44. The standard InChI is InChI=1S/C13H20FNO/c1-5-16-12-7-6-10(8-11(12)14)13(4,15)9(2)3/h6-9H,5,15H2,1-4H3. The maximum absolute atomic E-state index is 13.7. The molecule has 1 aromatic carbocycles. The molecule has 16 heavy (non-hydrogen) atoms. The minimum absolute atomic E-state index is 0.241. The lowest BCUT2D eigenvalue weighted by Crippen LogP contribution is -2.38. The van der Waals surface area contributed by atoms with E-state index in [1.807, 2.05) is 33.8 Å². The molecule has 0 fully saturated rings. The third-order valence-electron chi connectivity index (χ3n) is 3.05. The summed E-state index contributed by atoms with van der Waals surface area (Å²) < 4.78 is 18.8. The number of ether oxygens (including phenoxy) is 1. The molecule has 0 radical (unpaired) electrons. The number of nitrogens with two attached hydrogens (primary N) is 1. The van der Waals surface area contributed by atoms with Crippen LogP contribution in [0.15, 0.2) is 18.2 Å². The third kappa shape index (κ3) is 2.53. The Hall–Kier alpha value is -1.09. The van der Waals surface area contributed by atoms with Gasteiger partial charge < -0.3 is 10.5 Å². The van der Waals surface area contributed by atoms with Gasteiger partial charge in [0.25, 0.3) is 0 Å². The molecule has 0 aliphatic carbocycles. The molecule has 2 nitrogen and oxygen atoms in total. The van der Waals surface area contributed by atoms with Gasteiger partial charge in [-0.3, -0.25) is 0 Å². The van der Waals surface area contributed by atoms with Crippen molar-refractivity contribution in [1.82, 2.24) is 0 Å². The molecular formula is C13H20FNO. The van der Waals surface area contributed by atoms with E-state index in [-0.39, 0.29) is 17.5 Å². The molecule has 90 valence electrons. The Morgan fingerprint density at radius 2 is 2.06 bits per heavy atom. The zero-order valence-electron chi connectivity index (χ0n) is 10.4. The van der Waals surface area contributed by atoms with Gasteiger partial charge >= 0.3 is 0 Å². The number of benzene rings is 1. The molecule has 1 atom stereocenters. The molecule has 1 aromatic rings. The first kappa shape index (κ1) is 13.0. The quantitative estimate of drug-likeness (QED) is 0.854. The maximum atomic E-state index is 13.7. The molecule has 1 unspecified atom stereocenters. The number of hydrogen-bond acceptors (Lipinski definition) is 2. The number of rotatable bonds is 4. The first-order valence-corrected chi connectivity index (χ1v) is 5.61. The molecule has 0 bridgehead atoms. The van der Waals surface area contributed by atoms with Gasteiger partial charge in [-0.25, -0.2) is 4.39 Å². The Morgan fingerprint density at radius 1 is 1.44 bits per heavy atom. The molecule has 0 heterocycles. The predicted octanol–water partition coefficient (Wildman–Crippen LogP) is 3.05. The van der Waals surface area contributed by atoms with Gasteiger partial charge in [0.2, 0.25) is 0 Å². The minimum atomic E-state index is -0.522. The van der Waals surface area contributed by atoms with Gasteiger partial charge in [-0.2, -0.15) is 0 Å². The molecule has 0 saturated carbocycles. The molecule has 0 spiro atoms. The maximum Gasteiger partial charge on any atom is 0.165 e.